The summed E-state index contributed by atoms with van der Waals surface area (Å²) in [6, 6.07) is 35.0. The first-order valence-electron chi connectivity index (χ1n) is 15.9. The predicted molar refractivity (Wildman–Crippen MR) is 182 cm³/mol. The van der Waals surface area contributed by atoms with Gasteiger partial charge in [-0.2, -0.15) is 0 Å². The fourth-order valence-corrected chi connectivity index (χ4v) is 14.3. The number of aromatic nitrogens is 1. The van der Waals surface area contributed by atoms with Crippen LogP contribution in [0.1, 0.15) is 37.3 Å². The van der Waals surface area contributed by atoms with Gasteiger partial charge in [0, 0.05) is 0 Å². The van der Waals surface area contributed by atoms with E-state index in [1.165, 1.54) is 0 Å². The van der Waals surface area contributed by atoms with Crippen molar-refractivity contribution in [3.05, 3.63) is 131 Å². The first-order chi connectivity index (χ1) is 22.5. The van der Waals surface area contributed by atoms with Crippen molar-refractivity contribution in [2.75, 3.05) is 13.2 Å². The van der Waals surface area contributed by atoms with E-state index in [1.54, 1.807) is 18.4 Å². The van der Waals surface area contributed by atoms with Crippen molar-refractivity contribution in [2.45, 2.75) is 44.8 Å². The summed E-state index contributed by atoms with van der Waals surface area (Å²) in [5.74, 6) is -2.26. The van der Waals surface area contributed by atoms with Crippen LogP contribution in [0.4, 0.5) is 0 Å². The Hall–Kier alpha value is -4.74. The second kappa shape index (κ2) is 11.6. The third-order valence-electron chi connectivity index (χ3n) is 9.50. The van der Waals surface area contributed by atoms with Crippen molar-refractivity contribution in [2.24, 2.45) is 0 Å². The van der Waals surface area contributed by atoms with Crippen LogP contribution in [0, 0.1) is 0 Å². The Labute approximate surface area is 267 Å². The molecule has 234 valence electrons. The molecule has 0 fully saturated rings. The summed E-state index contributed by atoms with van der Waals surface area (Å²) in [6.07, 6.45) is 1.61. The average molecular weight is 634 g/mol. The Morgan fingerprint density at radius 2 is 1.30 bits per heavy atom. The van der Waals surface area contributed by atoms with Gasteiger partial charge in [-0.15, -0.1) is 0 Å². The standard InChI is InChI=1S/C38H36NO6P/c1-3-43-37(41)32-31-34(30-24-14-16-26-17-15-25-39(33(26)30)36(31)40)45-46(27-18-8-5-9-19-27,28-20-10-6-11-21-28,29-22-12-7-13-23-29)35(32)38(42)44-4-2/h5-14,16,18-24,32,35H,3-4,15,17,25H2,1-2H3. The molecule has 5 aromatic rings. The zero-order valence-corrected chi connectivity index (χ0v) is 26.8. The van der Waals surface area contributed by atoms with Gasteiger partial charge in [0.05, 0.1) is 0 Å². The van der Waals surface area contributed by atoms with Gasteiger partial charge in [0.25, 0.3) is 0 Å². The number of carbonyl (C=O) groups is 2. The molecule has 2 aliphatic rings. The minimum absolute atomic E-state index is 0.0744. The van der Waals surface area contributed by atoms with E-state index in [4.69, 9.17) is 14.0 Å². The molecule has 0 aliphatic carbocycles. The second-order valence-corrected chi connectivity index (χ2v) is 16.2. The van der Waals surface area contributed by atoms with Gasteiger partial charge in [-0.1, -0.05) is 0 Å². The van der Waals surface area contributed by atoms with Crippen LogP contribution in [-0.2, 0) is 32.0 Å². The summed E-state index contributed by atoms with van der Waals surface area (Å²) in [4.78, 5) is 44.2. The topological polar surface area (TPSA) is 83.8 Å². The van der Waals surface area contributed by atoms with Crippen molar-refractivity contribution in [3.8, 4) is 5.75 Å². The molecule has 2 atom stereocenters. The Balaban J connectivity index is 1.78. The third kappa shape index (κ3) is 4.04. The van der Waals surface area contributed by atoms with Crippen molar-refractivity contribution in [1.29, 1.82) is 0 Å². The second-order valence-electron chi connectivity index (χ2n) is 11.7. The Morgan fingerprint density at radius 1 is 0.761 bits per heavy atom. The number of hydrogen-bond donors (Lipinski definition) is 0. The molecule has 2 aliphatic heterocycles. The van der Waals surface area contributed by atoms with Crippen LogP contribution >= 0.6 is 6.83 Å². The van der Waals surface area contributed by atoms with Crippen LogP contribution < -0.4 is 26.0 Å². The SMILES string of the molecule is CCOC(=O)C1c2c(c3cccc4c3n(c2=O)CCC4)OP(c2ccccc2)(c2ccccc2)(c2ccccc2)C1C(=O)OCC. The fourth-order valence-electron chi connectivity index (χ4n) is 7.79. The van der Waals surface area contributed by atoms with E-state index in [9.17, 15) is 14.4 Å². The molecule has 0 saturated carbocycles. The number of esters is 2. The molecule has 4 aromatic carbocycles. The molecule has 0 N–H and O–H groups in total. The third-order valence-corrected chi connectivity index (χ3v) is 15.6. The average Bonchev–Trinajstić information content (AvgIpc) is 3.11. The summed E-state index contributed by atoms with van der Waals surface area (Å²) >= 11 is 0. The Bertz CT molecular complexity index is 1910. The van der Waals surface area contributed by atoms with E-state index in [0.29, 0.717) is 12.3 Å². The van der Waals surface area contributed by atoms with Crippen LogP contribution in [0.15, 0.2) is 114 Å². The van der Waals surface area contributed by atoms with Crippen molar-refractivity contribution in [3.63, 3.8) is 0 Å². The monoisotopic (exact) mass is 633 g/mol. The molecule has 0 radical (unpaired) electrons. The number of hydrogen-bond acceptors (Lipinski definition) is 6. The number of pyridine rings is 1. The molecule has 7 nitrogen and oxygen atoms in total. The molecule has 46 heavy (non-hydrogen) atoms. The van der Waals surface area contributed by atoms with E-state index < -0.39 is 30.3 Å². The van der Waals surface area contributed by atoms with Gasteiger partial charge in [-0.3, -0.25) is 0 Å². The van der Waals surface area contributed by atoms with E-state index in [0.717, 1.165) is 45.2 Å². The first-order valence-corrected chi connectivity index (χ1v) is 18.1. The molecule has 0 amide bonds. The number of nitrogens with zero attached hydrogens (tertiary/aromatic N) is 1. The van der Waals surface area contributed by atoms with Crippen molar-refractivity contribution in [1.82, 2.24) is 4.57 Å². The number of fused-ring (bicyclic) bond motifs is 2. The van der Waals surface area contributed by atoms with Crippen molar-refractivity contribution >= 4 is 45.6 Å². The number of para-hydroxylation sites is 1. The number of benzene rings is 4. The molecule has 3 heterocycles. The molecule has 7 rings (SSSR count). The van der Waals surface area contributed by atoms with E-state index in [2.05, 4.69) is 0 Å². The van der Waals surface area contributed by atoms with Gasteiger partial charge in [0.15, 0.2) is 0 Å². The van der Waals surface area contributed by atoms with E-state index in [-0.39, 0.29) is 24.3 Å². The van der Waals surface area contributed by atoms with Crippen LogP contribution in [0.2, 0.25) is 0 Å². The van der Waals surface area contributed by atoms with Gasteiger partial charge in [-0.25, -0.2) is 0 Å². The summed E-state index contributed by atoms with van der Waals surface area (Å²) < 4.78 is 21.2. The normalized spacial score (nSPS) is 19.9. The van der Waals surface area contributed by atoms with Gasteiger partial charge in [0.2, 0.25) is 0 Å². The molecule has 0 saturated heterocycles. The molecule has 0 bridgehead atoms. The number of carbonyl (C=O) groups excluding carboxylic acids is 2. The van der Waals surface area contributed by atoms with Gasteiger partial charge < -0.3 is 0 Å². The van der Waals surface area contributed by atoms with Crippen molar-refractivity contribution < 1.29 is 23.6 Å². The summed E-state index contributed by atoms with van der Waals surface area (Å²) in [5.41, 5.74) is 0.389. The predicted octanol–water partition coefficient (Wildman–Crippen LogP) is 5.36. The zero-order valence-electron chi connectivity index (χ0n) is 25.9. The molecule has 2 unspecified atom stereocenters. The Morgan fingerprint density at radius 3 is 1.85 bits per heavy atom. The molecular formula is C38H36NO6P. The first kappa shape index (κ1) is 29.9. The minimum atomic E-state index is -4.64. The van der Waals surface area contributed by atoms with Crippen LogP contribution in [0.5, 0.6) is 5.75 Å². The van der Waals surface area contributed by atoms with Crippen LogP contribution in [0.25, 0.3) is 10.9 Å². The quantitative estimate of drug-likeness (QED) is 0.177. The fraction of sp³-hybridized carbons (Fsp3) is 0.237. The van der Waals surface area contributed by atoms with Crippen LogP contribution in [0.3, 0.4) is 0 Å². The number of rotatable bonds is 7. The maximum absolute atomic E-state index is 14.9. The molecule has 1 aromatic heterocycles. The Kier molecular flexibility index (Phi) is 7.53. The maximum atomic E-state index is 14.9. The zero-order chi connectivity index (χ0) is 31.9. The number of aryl methyl sites for hydroxylation is 2. The van der Waals surface area contributed by atoms with Gasteiger partial charge in [-0.05, 0) is 0 Å². The molecular weight excluding hydrogens is 597 g/mol. The van der Waals surface area contributed by atoms with E-state index >= 15 is 0 Å². The van der Waals surface area contributed by atoms with E-state index in [1.807, 2.05) is 109 Å². The van der Waals surface area contributed by atoms with Gasteiger partial charge >= 0.3 is 268 Å². The summed E-state index contributed by atoms with van der Waals surface area (Å²) in [7, 11) is 0. The number of ether oxygens (including phenoxy) is 2. The molecule has 0 spiro atoms. The molecule has 8 heteroatoms. The van der Waals surface area contributed by atoms with Crippen LogP contribution in [-0.4, -0.2) is 35.4 Å². The van der Waals surface area contributed by atoms with Gasteiger partial charge in [0.1, 0.15) is 0 Å². The summed E-state index contributed by atoms with van der Waals surface area (Å²) in [5, 5.41) is 2.96. The summed E-state index contributed by atoms with van der Waals surface area (Å²) in [6.45, 7) is -0.518.